The van der Waals surface area contributed by atoms with Crippen LogP contribution in [0.15, 0.2) is 59.4 Å². The molecule has 2 amide bonds. The average Bonchev–Trinajstić information content (AvgIpc) is 3.60. The van der Waals surface area contributed by atoms with Crippen LogP contribution in [-0.2, 0) is 23.4 Å². The molecule has 0 spiro atoms. The number of benzene rings is 2. The van der Waals surface area contributed by atoms with Crippen molar-refractivity contribution >= 4 is 12.0 Å². The lowest BCUT2D eigenvalue weighted by atomic mass is 10.2. The maximum absolute atomic E-state index is 13.0. The molecule has 0 unspecified atom stereocenters. The van der Waals surface area contributed by atoms with Crippen molar-refractivity contribution in [1.82, 2.24) is 20.6 Å². The predicted octanol–water partition coefficient (Wildman–Crippen LogP) is 2.46. The maximum Gasteiger partial charge on any atom is 0.408 e. The highest BCUT2D eigenvalue weighted by Gasteiger charge is 2.49. The van der Waals surface area contributed by atoms with E-state index in [1.807, 2.05) is 30.3 Å². The van der Waals surface area contributed by atoms with Crippen LogP contribution >= 0.6 is 0 Å². The third kappa shape index (κ3) is 5.17. The summed E-state index contributed by atoms with van der Waals surface area (Å²) < 4.78 is 18.3. The second-order valence-corrected chi connectivity index (χ2v) is 7.69. The zero-order valence-electron chi connectivity index (χ0n) is 17.4. The van der Waals surface area contributed by atoms with E-state index in [2.05, 4.69) is 20.6 Å². The first-order valence-electron chi connectivity index (χ1n) is 10.2. The van der Waals surface area contributed by atoms with Gasteiger partial charge in [0.15, 0.2) is 5.69 Å². The minimum atomic E-state index is -0.993. The molecule has 1 aromatic heterocycles. The van der Waals surface area contributed by atoms with Crippen LogP contribution in [0.1, 0.15) is 40.3 Å². The topological polar surface area (TPSA) is 133 Å². The van der Waals surface area contributed by atoms with E-state index in [0.29, 0.717) is 18.4 Å². The molecule has 0 saturated heterocycles. The van der Waals surface area contributed by atoms with Gasteiger partial charge in [0.25, 0.3) is 11.5 Å². The number of hydrogen-bond acceptors (Lipinski definition) is 6. The maximum atomic E-state index is 13.0. The summed E-state index contributed by atoms with van der Waals surface area (Å²) in [4.78, 5) is 43.6. The second kappa shape index (κ2) is 9.11. The van der Waals surface area contributed by atoms with Crippen LogP contribution in [-0.4, -0.2) is 27.1 Å². The first-order chi connectivity index (χ1) is 15.9. The molecule has 0 bridgehead atoms. The quantitative estimate of drug-likeness (QED) is 0.435. The van der Waals surface area contributed by atoms with Crippen LogP contribution in [0.5, 0.6) is 5.75 Å². The van der Waals surface area contributed by atoms with Gasteiger partial charge in [0.1, 0.15) is 23.8 Å². The molecule has 4 N–H and O–H groups in total. The van der Waals surface area contributed by atoms with E-state index in [4.69, 9.17) is 4.74 Å². The van der Waals surface area contributed by atoms with Crippen LogP contribution in [0, 0.1) is 5.82 Å². The molecule has 4 rings (SSSR count). The summed E-state index contributed by atoms with van der Waals surface area (Å²) >= 11 is 0. The first kappa shape index (κ1) is 22.0. The van der Waals surface area contributed by atoms with Gasteiger partial charge < -0.3 is 25.5 Å². The Bertz CT molecular complexity index is 1220. The van der Waals surface area contributed by atoms with Crippen molar-refractivity contribution in [2.75, 3.05) is 0 Å². The van der Waals surface area contributed by atoms with Gasteiger partial charge in [-0.25, -0.2) is 14.2 Å². The number of nitrogens with one attached hydrogen (secondary N) is 3. The van der Waals surface area contributed by atoms with E-state index in [-0.39, 0.29) is 19.0 Å². The monoisotopic (exact) mass is 452 g/mol. The molecule has 2 aromatic carbocycles. The van der Waals surface area contributed by atoms with E-state index in [9.17, 15) is 23.9 Å². The highest BCUT2D eigenvalue weighted by Crippen LogP contribution is 2.43. The smallest absolute Gasteiger partial charge is 0.408 e. The molecule has 1 heterocycles. The molecule has 0 aliphatic heterocycles. The fourth-order valence-corrected chi connectivity index (χ4v) is 3.22. The summed E-state index contributed by atoms with van der Waals surface area (Å²) in [6, 6.07) is 14.6. The Hall–Kier alpha value is -4.21. The number of ether oxygens (including phenoxy) is 1. The molecule has 9 nitrogen and oxygen atoms in total. The molecule has 33 heavy (non-hydrogen) atoms. The van der Waals surface area contributed by atoms with E-state index >= 15 is 0 Å². The summed E-state index contributed by atoms with van der Waals surface area (Å²) in [5, 5.41) is 15.3. The van der Waals surface area contributed by atoms with Crippen molar-refractivity contribution in [3.05, 3.63) is 93.4 Å². The van der Waals surface area contributed by atoms with Gasteiger partial charge in [0.2, 0.25) is 5.75 Å². The van der Waals surface area contributed by atoms with Crippen molar-refractivity contribution in [2.24, 2.45) is 0 Å². The van der Waals surface area contributed by atoms with Crippen molar-refractivity contribution in [3.8, 4) is 5.75 Å². The van der Waals surface area contributed by atoms with Gasteiger partial charge in [0, 0.05) is 6.54 Å². The SMILES string of the molecule is O=C(NC1(c2nc(C(=O)NCc3ccc(F)cc3)c(O)c(=O)[nH]2)CC1)OCc1ccccc1. The lowest BCUT2D eigenvalue weighted by molar-refractivity contribution is 0.0942. The Morgan fingerprint density at radius 1 is 1.09 bits per heavy atom. The van der Waals surface area contributed by atoms with E-state index < -0.39 is 40.4 Å². The Morgan fingerprint density at radius 3 is 2.45 bits per heavy atom. The fraction of sp³-hybridized carbons (Fsp3) is 0.217. The van der Waals surface area contributed by atoms with Crippen LogP contribution < -0.4 is 16.2 Å². The summed E-state index contributed by atoms with van der Waals surface area (Å²) in [7, 11) is 0. The number of alkyl carbamates (subject to hydrolysis) is 1. The number of rotatable bonds is 7. The Kier molecular flexibility index (Phi) is 6.07. The molecule has 1 fully saturated rings. The summed E-state index contributed by atoms with van der Waals surface area (Å²) in [5.74, 6) is -1.98. The summed E-state index contributed by atoms with van der Waals surface area (Å²) in [5.41, 5.74) is -0.934. The van der Waals surface area contributed by atoms with Crippen LogP contribution in [0.3, 0.4) is 0 Å². The van der Waals surface area contributed by atoms with Crippen molar-refractivity contribution < 1.29 is 23.8 Å². The molecular formula is C23H21FN4O5. The van der Waals surface area contributed by atoms with E-state index in [1.165, 1.54) is 24.3 Å². The lowest BCUT2D eigenvalue weighted by Crippen LogP contribution is -2.38. The van der Waals surface area contributed by atoms with Crippen molar-refractivity contribution in [2.45, 2.75) is 31.5 Å². The van der Waals surface area contributed by atoms with Crippen LogP contribution in [0.2, 0.25) is 0 Å². The largest absolute Gasteiger partial charge is 0.501 e. The van der Waals surface area contributed by atoms with Crippen LogP contribution in [0.25, 0.3) is 0 Å². The fourth-order valence-electron chi connectivity index (χ4n) is 3.22. The molecule has 170 valence electrons. The van der Waals surface area contributed by atoms with Crippen LogP contribution in [0.4, 0.5) is 9.18 Å². The lowest BCUT2D eigenvalue weighted by Gasteiger charge is -2.17. The van der Waals surface area contributed by atoms with E-state index in [0.717, 1.165) is 5.56 Å². The molecule has 1 saturated carbocycles. The number of carbonyl (C=O) groups excluding carboxylic acids is 2. The number of nitrogens with zero attached hydrogens (tertiary/aromatic N) is 1. The Morgan fingerprint density at radius 2 is 1.79 bits per heavy atom. The number of aromatic hydroxyl groups is 1. The van der Waals surface area contributed by atoms with Gasteiger partial charge in [-0.3, -0.25) is 9.59 Å². The highest BCUT2D eigenvalue weighted by atomic mass is 19.1. The number of hydrogen-bond donors (Lipinski definition) is 4. The second-order valence-electron chi connectivity index (χ2n) is 7.69. The normalized spacial score (nSPS) is 13.7. The molecule has 1 aliphatic rings. The van der Waals surface area contributed by atoms with Gasteiger partial charge in [-0.2, -0.15) is 0 Å². The zero-order chi connectivity index (χ0) is 23.4. The molecular weight excluding hydrogens is 431 g/mol. The summed E-state index contributed by atoms with van der Waals surface area (Å²) in [6.07, 6.45) is 0.240. The van der Waals surface area contributed by atoms with Gasteiger partial charge in [-0.05, 0) is 36.1 Å². The number of aromatic amines is 1. The number of aromatic nitrogens is 2. The van der Waals surface area contributed by atoms with Gasteiger partial charge in [-0.15, -0.1) is 0 Å². The third-order valence-corrected chi connectivity index (χ3v) is 5.23. The van der Waals surface area contributed by atoms with Gasteiger partial charge in [-0.1, -0.05) is 42.5 Å². The third-order valence-electron chi connectivity index (χ3n) is 5.23. The Labute approximate surface area is 187 Å². The number of amides is 2. The summed E-state index contributed by atoms with van der Waals surface area (Å²) in [6.45, 7) is 0.108. The predicted molar refractivity (Wildman–Crippen MR) is 115 cm³/mol. The van der Waals surface area contributed by atoms with Gasteiger partial charge in [0.05, 0.1) is 0 Å². The minimum absolute atomic E-state index is 0.0393. The van der Waals surface area contributed by atoms with Crippen molar-refractivity contribution in [1.29, 1.82) is 0 Å². The molecule has 10 heteroatoms. The highest BCUT2D eigenvalue weighted by molar-refractivity contribution is 5.94. The molecule has 0 atom stereocenters. The Balaban J connectivity index is 1.45. The van der Waals surface area contributed by atoms with Crippen molar-refractivity contribution in [3.63, 3.8) is 0 Å². The average molecular weight is 452 g/mol. The zero-order valence-corrected chi connectivity index (χ0v) is 17.4. The molecule has 1 aliphatic carbocycles. The van der Waals surface area contributed by atoms with E-state index in [1.54, 1.807) is 0 Å². The number of halogens is 1. The minimum Gasteiger partial charge on any atom is -0.501 e. The number of carbonyl (C=O) groups is 2. The van der Waals surface area contributed by atoms with Gasteiger partial charge >= 0.3 is 6.09 Å². The number of H-pyrrole nitrogens is 1. The molecule has 3 aromatic rings. The first-order valence-corrected chi connectivity index (χ1v) is 10.2. The standard InChI is InChI=1S/C23H21FN4O5/c24-16-8-6-14(7-9-16)12-25-19(30)17-18(29)20(31)27-21(26-17)23(10-11-23)28-22(32)33-13-15-4-2-1-3-5-15/h1-9,29H,10-13H2,(H,25,30)(H,28,32)(H,26,27,31). The molecule has 0 radical (unpaired) electrons.